The second-order valence-electron chi connectivity index (χ2n) is 1.98. The summed E-state index contributed by atoms with van der Waals surface area (Å²) < 4.78 is 0.661. The van der Waals surface area contributed by atoms with Gasteiger partial charge in [-0.25, -0.2) is 0 Å². The fraction of sp³-hybridized carbons (Fsp3) is 0.143. The van der Waals surface area contributed by atoms with E-state index in [1.165, 1.54) is 0 Å². The zero-order chi connectivity index (χ0) is 8.43. The predicted octanol–water partition coefficient (Wildman–Crippen LogP) is 3.25. The van der Waals surface area contributed by atoms with E-state index in [9.17, 15) is 0 Å². The molecule has 1 aromatic carbocycles. The topological polar surface area (TPSA) is 20.2 Å². The molecule has 0 saturated carbocycles. The zero-order valence-electron chi connectivity index (χ0n) is 5.44. The SMILES string of the molecule is OCc1c(Cl)ccc(Cl)c1Br. The molecule has 0 radical (unpaired) electrons. The molecule has 1 N–H and O–H groups in total. The maximum absolute atomic E-state index is 8.85. The van der Waals surface area contributed by atoms with Crippen molar-refractivity contribution < 1.29 is 5.11 Å². The molecule has 0 atom stereocenters. The summed E-state index contributed by atoms with van der Waals surface area (Å²) in [7, 11) is 0. The van der Waals surface area contributed by atoms with E-state index in [0.29, 0.717) is 20.1 Å². The Morgan fingerprint density at radius 2 is 1.82 bits per heavy atom. The minimum Gasteiger partial charge on any atom is -0.392 e. The van der Waals surface area contributed by atoms with Crippen molar-refractivity contribution in [2.24, 2.45) is 0 Å². The van der Waals surface area contributed by atoms with Gasteiger partial charge in [-0.3, -0.25) is 0 Å². The third-order valence-corrected chi connectivity index (χ3v) is 3.10. The molecule has 0 aromatic heterocycles. The first kappa shape index (κ1) is 9.33. The summed E-state index contributed by atoms with van der Waals surface area (Å²) in [6, 6.07) is 3.33. The van der Waals surface area contributed by atoms with Crippen LogP contribution >= 0.6 is 39.1 Å². The lowest BCUT2D eigenvalue weighted by Gasteiger charge is -2.04. The van der Waals surface area contributed by atoms with Crippen molar-refractivity contribution in [1.82, 2.24) is 0 Å². The van der Waals surface area contributed by atoms with Crippen LogP contribution in [-0.2, 0) is 6.61 Å². The van der Waals surface area contributed by atoms with Crippen molar-refractivity contribution in [2.45, 2.75) is 6.61 Å². The Labute approximate surface area is 83.1 Å². The first-order valence-corrected chi connectivity index (χ1v) is 4.45. The lowest BCUT2D eigenvalue weighted by Crippen LogP contribution is -1.87. The van der Waals surface area contributed by atoms with Crippen molar-refractivity contribution in [1.29, 1.82) is 0 Å². The van der Waals surface area contributed by atoms with Crippen molar-refractivity contribution in [2.75, 3.05) is 0 Å². The van der Waals surface area contributed by atoms with Gasteiger partial charge in [0.15, 0.2) is 0 Å². The van der Waals surface area contributed by atoms with E-state index < -0.39 is 0 Å². The van der Waals surface area contributed by atoms with Gasteiger partial charge in [0.25, 0.3) is 0 Å². The molecule has 1 rings (SSSR count). The molecule has 0 spiro atoms. The minimum absolute atomic E-state index is 0.111. The average molecular weight is 256 g/mol. The molecule has 1 aromatic rings. The number of hydrogen-bond donors (Lipinski definition) is 1. The number of benzene rings is 1. The molecule has 60 valence electrons. The quantitative estimate of drug-likeness (QED) is 0.764. The van der Waals surface area contributed by atoms with Crippen molar-refractivity contribution in [3.63, 3.8) is 0 Å². The summed E-state index contributed by atoms with van der Waals surface area (Å²) in [5.41, 5.74) is 0.624. The van der Waals surface area contributed by atoms with Gasteiger partial charge in [-0.05, 0) is 28.1 Å². The highest BCUT2D eigenvalue weighted by Crippen LogP contribution is 2.31. The van der Waals surface area contributed by atoms with Crippen LogP contribution in [0.2, 0.25) is 10.0 Å². The number of hydrogen-bond acceptors (Lipinski definition) is 1. The molecule has 0 aliphatic carbocycles. The molecule has 0 bridgehead atoms. The van der Waals surface area contributed by atoms with Gasteiger partial charge in [-0.2, -0.15) is 0 Å². The molecule has 0 heterocycles. The van der Waals surface area contributed by atoms with E-state index in [2.05, 4.69) is 15.9 Å². The number of aliphatic hydroxyl groups excluding tert-OH is 1. The highest BCUT2D eigenvalue weighted by molar-refractivity contribution is 9.10. The Bertz CT molecular complexity index is 275. The first-order chi connectivity index (χ1) is 5.16. The van der Waals surface area contributed by atoms with Gasteiger partial charge in [0.1, 0.15) is 0 Å². The second kappa shape index (κ2) is 3.76. The van der Waals surface area contributed by atoms with Crippen LogP contribution in [0.25, 0.3) is 0 Å². The Morgan fingerprint density at radius 1 is 1.27 bits per heavy atom. The lowest BCUT2D eigenvalue weighted by molar-refractivity contribution is 0.281. The Morgan fingerprint density at radius 3 is 2.27 bits per heavy atom. The van der Waals surface area contributed by atoms with Gasteiger partial charge >= 0.3 is 0 Å². The monoisotopic (exact) mass is 254 g/mol. The summed E-state index contributed by atoms with van der Waals surface area (Å²) >= 11 is 14.7. The van der Waals surface area contributed by atoms with E-state index in [1.54, 1.807) is 12.1 Å². The van der Waals surface area contributed by atoms with Crippen LogP contribution in [-0.4, -0.2) is 5.11 Å². The maximum atomic E-state index is 8.85. The molecule has 0 saturated heterocycles. The maximum Gasteiger partial charge on any atom is 0.0708 e. The number of halogens is 3. The third kappa shape index (κ3) is 1.88. The predicted molar refractivity (Wildman–Crippen MR) is 50.1 cm³/mol. The molecular formula is C7H5BrCl2O. The molecule has 0 aliphatic heterocycles. The molecule has 0 aliphatic rings. The van der Waals surface area contributed by atoms with Crippen LogP contribution in [0.1, 0.15) is 5.56 Å². The van der Waals surface area contributed by atoms with Gasteiger partial charge in [0.2, 0.25) is 0 Å². The molecule has 11 heavy (non-hydrogen) atoms. The molecular weight excluding hydrogens is 251 g/mol. The van der Waals surface area contributed by atoms with Gasteiger partial charge in [0.05, 0.1) is 11.6 Å². The van der Waals surface area contributed by atoms with E-state index >= 15 is 0 Å². The zero-order valence-corrected chi connectivity index (χ0v) is 8.54. The molecule has 0 fully saturated rings. The van der Waals surface area contributed by atoms with Crippen molar-refractivity contribution >= 4 is 39.1 Å². The summed E-state index contributed by atoms with van der Waals surface area (Å²) in [6.45, 7) is -0.111. The summed E-state index contributed by atoms with van der Waals surface area (Å²) in [5, 5.41) is 9.92. The molecule has 0 unspecified atom stereocenters. The number of aliphatic hydroxyl groups is 1. The minimum atomic E-state index is -0.111. The van der Waals surface area contributed by atoms with Crippen LogP contribution in [0, 0.1) is 0 Å². The lowest BCUT2D eigenvalue weighted by atomic mass is 10.2. The van der Waals surface area contributed by atoms with Crippen molar-refractivity contribution in [3.8, 4) is 0 Å². The Hall–Kier alpha value is 0.240. The van der Waals surface area contributed by atoms with Gasteiger partial charge in [0, 0.05) is 15.1 Å². The Balaban J connectivity index is 3.29. The molecule has 0 amide bonds. The van der Waals surface area contributed by atoms with Crippen molar-refractivity contribution in [3.05, 3.63) is 32.2 Å². The summed E-state index contributed by atoms with van der Waals surface area (Å²) in [6.07, 6.45) is 0. The standard InChI is InChI=1S/C7H5BrCl2O/c8-7-4(3-11)5(9)1-2-6(7)10/h1-2,11H,3H2. The highest BCUT2D eigenvalue weighted by atomic mass is 79.9. The summed E-state index contributed by atoms with van der Waals surface area (Å²) in [4.78, 5) is 0. The van der Waals surface area contributed by atoms with E-state index in [1.807, 2.05) is 0 Å². The van der Waals surface area contributed by atoms with E-state index in [4.69, 9.17) is 28.3 Å². The van der Waals surface area contributed by atoms with Gasteiger partial charge < -0.3 is 5.11 Å². The first-order valence-electron chi connectivity index (χ1n) is 2.90. The fourth-order valence-corrected chi connectivity index (χ4v) is 1.69. The van der Waals surface area contributed by atoms with Gasteiger partial charge in [-0.1, -0.05) is 23.2 Å². The summed E-state index contributed by atoms with van der Waals surface area (Å²) in [5.74, 6) is 0. The average Bonchev–Trinajstić information content (AvgIpc) is 1.99. The van der Waals surface area contributed by atoms with E-state index in [0.717, 1.165) is 0 Å². The van der Waals surface area contributed by atoms with Crippen LogP contribution in [0.4, 0.5) is 0 Å². The van der Waals surface area contributed by atoms with Crippen LogP contribution in [0.5, 0.6) is 0 Å². The van der Waals surface area contributed by atoms with Crippen LogP contribution in [0.3, 0.4) is 0 Å². The highest BCUT2D eigenvalue weighted by Gasteiger charge is 2.06. The molecule has 4 heteroatoms. The Kier molecular flexibility index (Phi) is 3.19. The van der Waals surface area contributed by atoms with E-state index in [-0.39, 0.29) is 6.61 Å². The van der Waals surface area contributed by atoms with Crippen LogP contribution in [0.15, 0.2) is 16.6 Å². The number of rotatable bonds is 1. The van der Waals surface area contributed by atoms with Gasteiger partial charge in [-0.15, -0.1) is 0 Å². The third-order valence-electron chi connectivity index (χ3n) is 1.30. The molecule has 1 nitrogen and oxygen atoms in total. The van der Waals surface area contributed by atoms with Crippen LogP contribution < -0.4 is 0 Å². The fourth-order valence-electron chi connectivity index (χ4n) is 0.714. The smallest absolute Gasteiger partial charge is 0.0708 e. The normalized spacial score (nSPS) is 10.2. The second-order valence-corrected chi connectivity index (χ2v) is 3.59. The largest absolute Gasteiger partial charge is 0.392 e.